The highest BCUT2D eigenvalue weighted by Gasteiger charge is 2.05. The molecule has 2 aromatic heterocycles. The predicted molar refractivity (Wildman–Crippen MR) is 51.2 cm³/mol. The number of carbonyl (C=O) groups excluding carboxylic acids is 1. The van der Waals surface area contributed by atoms with Gasteiger partial charge in [-0.05, 0) is 12.1 Å². The first-order chi connectivity index (χ1) is 6.81. The van der Waals surface area contributed by atoms with E-state index < -0.39 is 6.09 Å². The van der Waals surface area contributed by atoms with Crippen LogP contribution in [0.2, 0.25) is 0 Å². The lowest BCUT2D eigenvalue weighted by molar-refractivity contribution is 0.187. The van der Waals surface area contributed by atoms with Gasteiger partial charge in [0.15, 0.2) is 5.65 Å². The van der Waals surface area contributed by atoms with Crippen molar-refractivity contribution in [2.75, 3.05) is 12.4 Å². The molecule has 0 unspecified atom stereocenters. The van der Waals surface area contributed by atoms with Gasteiger partial charge in [0.1, 0.15) is 0 Å². The van der Waals surface area contributed by atoms with Crippen molar-refractivity contribution in [2.45, 2.75) is 0 Å². The molecule has 2 aromatic rings. The summed E-state index contributed by atoms with van der Waals surface area (Å²) in [5.41, 5.74) is 1.32. The maximum absolute atomic E-state index is 11.0. The number of fused-ring (bicyclic) bond motifs is 1. The summed E-state index contributed by atoms with van der Waals surface area (Å²) in [5.74, 6) is 0. The number of hydrogen-bond acceptors (Lipinski definition) is 3. The molecule has 1 amide bonds. The van der Waals surface area contributed by atoms with Gasteiger partial charge in [-0.25, -0.2) is 9.78 Å². The summed E-state index contributed by atoms with van der Waals surface area (Å²) in [6, 6.07) is 3.58. The Morgan fingerprint density at radius 1 is 1.57 bits per heavy atom. The molecule has 1 N–H and O–H groups in total. The van der Waals surface area contributed by atoms with E-state index in [1.54, 1.807) is 18.5 Å². The average molecular weight is 191 g/mol. The molecule has 5 heteroatoms. The minimum atomic E-state index is -0.499. The Hall–Kier alpha value is -2.04. The zero-order chi connectivity index (χ0) is 9.97. The van der Waals surface area contributed by atoms with E-state index in [1.165, 1.54) is 7.11 Å². The Balaban J connectivity index is 2.41. The smallest absolute Gasteiger partial charge is 0.411 e. The van der Waals surface area contributed by atoms with E-state index in [0.717, 1.165) is 0 Å². The van der Waals surface area contributed by atoms with Gasteiger partial charge in [0, 0.05) is 18.6 Å². The van der Waals surface area contributed by atoms with Crippen LogP contribution in [-0.2, 0) is 4.74 Å². The number of aromatic nitrogens is 2. The van der Waals surface area contributed by atoms with Crippen LogP contribution in [0.1, 0.15) is 0 Å². The van der Waals surface area contributed by atoms with Crippen molar-refractivity contribution in [2.24, 2.45) is 0 Å². The molecular weight excluding hydrogens is 182 g/mol. The van der Waals surface area contributed by atoms with E-state index in [1.807, 2.05) is 16.7 Å². The fourth-order valence-corrected chi connectivity index (χ4v) is 1.21. The molecule has 0 aliphatic heterocycles. The van der Waals surface area contributed by atoms with Crippen LogP contribution in [0.15, 0.2) is 30.7 Å². The third kappa shape index (κ3) is 1.39. The van der Waals surface area contributed by atoms with Crippen molar-refractivity contribution in [3.63, 3.8) is 0 Å². The largest absolute Gasteiger partial charge is 0.453 e. The first-order valence-corrected chi connectivity index (χ1v) is 4.08. The van der Waals surface area contributed by atoms with Crippen LogP contribution >= 0.6 is 0 Å². The minimum Gasteiger partial charge on any atom is -0.453 e. The number of nitrogens with zero attached hydrogens (tertiary/aromatic N) is 2. The Morgan fingerprint density at radius 2 is 2.43 bits per heavy atom. The Labute approximate surface area is 80.3 Å². The zero-order valence-corrected chi connectivity index (χ0v) is 7.60. The van der Waals surface area contributed by atoms with E-state index in [9.17, 15) is 4.79 Å². The monoisotopic (exact) mass is 191 g/mol. The molecule has 2 heterocycles. The molecule has 0 spiro atoms. The SMILES string of the molecule is COC(=O)Nc1cccn2ccnc12. The molecule has 0 radical (unpaired) electrons. The number of ether oxygens (including phenoxy) is 1. The normalized spacial score (nSPS) is 10.1. The van der Waals surface area contributed by atoms with Crippen molar-refractivity contribution in [1.29, 1.82) is 0 Å². The van der Waals surface area contributed by atoms with Gasteiger partial charge in [0.2, 0.25) is 0 Å². The maximum atomic E-state index is 11.0. The van der Waals surface area contributed by atoms with Gasteiger partial charge in [-0.15, -0.1) is 0 Å². The van der Waals surface area contributed by atoms with Crippen molar-refractivity contribution in [3.05, 3.63) is 30.7 Å². The van der Waals surface area contributed by atoms with Crippen molar-refractivity contribution in [3.8, 4) is 0 Å². The van der Waals surface area contributed by atoms with Crippen LogP contribution in [0.5, 0.6) is 0 Å². The number of carbonyl (C=O) groups is 1. The molecule has 0 atom stereocenters. The first-order valence-electron chi connectivity index (χ1n) is 4.08. The van der Waals surface area contributed by atoms with Crippen molar-refractivity contribution < 1.29 is 9.53 Å². The molecule has 0 aliphatic carbocycles. The number of hydrogen-bond donors (Lipinski definition) is 1. The van der Waals surface area contributed by atoms with Gasteiger partial charge in [0.25, 0.3) is 0 Å². The van der Waals surface area contributed by atoms with Crippen LogP contribution in [0, 0.1) is 0 Å². The maximum Gasteiger partial charge on any atom is 0.411 e. The highest BCUT2D eigenvalue weighted by atomic mass is 16.5. The number of imidazole rings is 1. The molecule has 5 nitrogen and oxygen atoms in total. The van der Waals surface area contributed by atoms with Gasteiger partial charge >= 0.3 is 6.09 Å². The topological polar surface area (TPSA) is 55.6 Å². The Morgan fingerprint density at radius 3 is 3.21 bits per heavy atom. The lowest BCUT2D eigenvalue weighted by Gasteiger charge is -2.04. The van der Waals surface area contributed by atoms with Gasteiger partial charge in [-0.3, -0.25) is 5.32 Å². The predicted octanol–water partition coefficient (Wildman–Crippen LogP) is 1.51. The second-order valence-corrected chi connectivity index (χ2v) is 2.70. The van der Waals surface area contributed by atoms with Crippen LogP contribution in [0.3, 0.4) is 0 Å². The number of methoxy groups -OCH3 is 1. The summed E-state index contributed by atoms with van der Waals surface area (Å²) in [7, 11) is 1.32. The number of nitrogens with one attached hydrogen (secondary N) is 1. The fraction of sp³-hybridized carbons (Fsp3) is 0.111. The van der Waals surface area contributed by atoms with E-state index in [-0.39, 0.29) is 0 Å². The molecule has 0 fully saturated rings. The van der Waals surface area contributed by atoms with Crippen LogP contribution in [-0.4, -0.2) is 22.6 Å². The van der Waals surface area contributed by atoms with Crippen LogP contribution < -0.4 is 5.32 Å². The van der Waals surface area contributed by atoms with Crippen molar-refractivity contribution >= 4 is 17.4 Å². The lowest BCUT2D eigenvalue weighted by atomic mass is 10.4. The number of amides is 1. The van der Waals surface area contributed by atoms with E-state index in [0.29, 0.717) is 11.3 Å². The van der Waals surface area contributed by atoms with E-state index in [4.69, 9.17) is 0 Å². The van der Waals surface area contributed by atoms with Crippen molar-refractivity contribution in [1.82, 2.24) is 9.38 Å². The molecule has 0 saturated carbocycles. The number of rotatable bonds is 1. The van der Waals surface area contributed by atoms with Crippen LogP contribution in [0.4, 0.5) is 10.5 Å². The minimum absolute atomic E-state index is 0.499. The molecule has 14 heavy (non-hydrogen) atoms. The lowest BCUT2D eigenvalue weighted by Crippen LogP contribution is -2.11. The summed E-state index contributed by atoms with van der Waals surface area (Å²) in [4.78, 5) is 15.1. The molecule has 72 valence electrons. The molecule has 0 bridgehead atoms. The summed E-state index contributed by atoms with van der Waals surface area (Å²) in [6.45, 7) is 0. The summed E-state index contributed by atoms with van der Waals surface area (Å²) < 4.78 is 6.30. The Bertz CT molecular complexity index is 464. The second-order valence-electron chi connectivity index (χ2n) is 2.70. The van der Waals surface area contributed by atoms with Crippen LogP contribution in [0.25, 0.3) is 5.65 Å². The molecule has 2 rings (SSSR count). The third-order valence-electron chi connectivity index (χ3n) is 1.84. The highest BCUT2D eigenvalue weighted by Crippen LogP contribution is 2.14. The standard InChI is InChI=1S/C9H9N3O2/c1-14-9(13)11-7-3-2-5-12-6-4-10-8(7)12/h2-6H,1H3,(H,11,13). The summed E-state index contributed by atoms with van der Waals surface area (Å²) in [6.07, 6.45) is 4.82. The molecule has 0 aromatic carbocycles. The Kier molecular flexibility index (Phi) is 2.06. The quantitative estimate of drug-likeness (QED) is 0.743. The highest BCUT2D eigenvalue weighted by molar-refractivity contribution is 5.89. The third-order valence-corrected chi connectivity index (χ3v) is 1.84. The molecule has 0 aliphatic rings. The van der Waals surface area contributed by atoms with Gasteiger partial charge in [-0.1, -0.05) is 0 Å². The fourth-order valence-electron chi connectivity index (χ4n) is 1.21. The number of anilines is 1. The zero-order valence-electron chi connectivity index (χ0n) is 7.60. The second kappa shape index (κ2) is 3.37. The van der Waals surface area contributed by atoms with Gasteiger partial charge < -0.3 is 9.14 Å². The molecular formula is C9H9N3O2. The first kappa shape index (κ1) is 8.55. The average Bonchev–Trinajstić information content (AvgIpc) is 2.66. The number of pyridine rings is 1. The van der Waals surface area contributed by atoms with E-state index in [2.05, 4.69) is 15.0 Å². The summed E-state index contributed by atoms with van der Waals surface area (Å²) >= 11 is 0. The van der Waals surface area contributed by atoms with E-state index >= 15 is 0 Å². The van der Waals surface area contributed by atoms with Gasteiger partial charge in [-0.2, -0.15) is 0 Å². The summed E-state index contributed by atoms with van der Waals surface area (Å²) in [5, 5.41) is 2.58. The molecule has 0 saturated heterocycles. The van der Waals surface area contributed by atoms with Gasteiger partial charge in [0.05, 0.1) is 12.8 Å².